The third-order valence-corrected chi connectivity index (χ3v) is 2.62. The fourth-order valence-corrected chi connectivity index (χ4v) is 1.46. The van der Waals surface area contributed by atoms with E-state index in [0.717, 1.165) is 18.2 Å². The molecule has 0 spiro atoms. The molecule has 0 heterocycles. The molecule has 0 aliphatic rings. The SMILES string of the molecule is N#CC(C#N)=NNc1ccc(S(=O)(=O)O)cc1O. The summed E-state index contributed by atoms with van der Waals surface area (Å²) in [7, 11) is -4.41. The minimum Gasteiger partial charge on any atom is -0.506 e. The zero-order chi connectivity index (χ0) is 13.8. The van der Waals surface area contributed by atoms with Gasteiger partial charge in [0.25, 0.3) is 10.1 Å². The highest BCUT2D eigenvalue weighted by Gasteiger charge is 2.12. The molecule has 1 aromatic carbocycles. The Morgan fingerprint density at radius 2 is 1.94 bits per heavy atom. The molecule has 0 aliphatic heterocycles. The minimum absolute atomic E-state index is 0.0228. The van der Waals surface area contributed by atoms with Gasteiger partial charge in [-0.1, -0.05) is 0 Å². The fraction of sp³-hybridized carbons (Fsp3) is 0. The molecule has 0 bridgehead atoms. The van der Waals surface area contributed by atoms with Crippen LogP contribution in [0.3, 0.4) is 0 Å². The number of benzene rings is 1. The number of nitriles is 2. The van der Waals surface area contributed by atoms with Crippen LogP contribution >= 0.6 is 0 Å². The fourth-order valence-electron chi connectivity index (χ4n) is 0.958. The molecule has 0 aromatic heterocycles. The van der Waals surface area contributed by atoms with E-state index in [9.17, 15) is 13.5 Å². The maximum absolute atomic E-state index is 10.8. The molecule has 0 radical (unpaired) electrons. The minimum atomic E-state index is -4.41. The Morgan fingerprint density at radius 1 is 1.33 bits per heavy atom. The number of nitrogens with zero attached hydrogens (tertiary/aromatic N) is 3. The van der Waals surface area contributed by atoms with Crippen LogP contribution in [0, 0.1) is 22.7 Å². The molecule has 0 amide bonds. The first-order valence-electron chi connectivity index (χ1n) is 4.33. The standard InChI is InChI=1S/C9H6N4O4S/c10-4-6(5-11)12-13-8-2-1-7(3-9(8)14)18(15,16)17/h1-3,13-14H,(H,15,16,17). The van der Waals surface area contributed by atoms with Gasteiger partial charge in [-0.15, -0.1) is 0 Å². The zero-order valence-corrected chi connectivity index (χ0v) is 9.51. The van der Waals surface area contributed by atoms with Gasteiger partial charge in [-0.05, 0) is 12.1 Å². The van der Waals surface area contributed by atoms with Crippen molar-refractivity contribution in [3.8, 4) is 17.9 Å². The molecule has 0 unspecified atom stereocenters. The zero-order valence-electron chi connectivity index (χ0n) is 8.69. The summed E-state index contributed by atoms with van der Waals surface area (Å²) >= 11 is 0. The second kappa shape index (κ2) is 5.14. The summed E-state index contributed by atoms with van der Waals surface area (Å²) in [6.45, 7) is 0. The molecule has 0 saturated heterocycles. The second-order valence-corrected chi connectivity index (χ2v) is 4.37. The summed E-state index contributed by atoms with van der Waals surface area (Å²) in [6, 6.07) is 5.91. The van der Waals surface area contributed by atoms with Crippen LogP contribution in [0.1, 0.15) is 0 Å². The molecule has 0 saturated carbocycles. The van der Waals surface area contributed by atoms with Crippen LogP contribution in [0.2, 0.25) is 0 Å². The van der Waals surface area contributed by atoms with Gasteiger partial charge < -0.3 is 5.11 Å². The average Bonchev–Trinajstić information content (AvgIpc) is 2.30. The number of rotatable bonds is 3. The topological polar surface area (TPSA) is 147 Å². The molecule has 0 atom stereocenters. The van der Waals surface area contributed by atoms with Crippen molar-refractivity contribution in [3.63, 3.8) is 0 Å². The van der Waals surface area contributed by atoms with Gasteiger partial charge in [0.1, 0.15) is 17.9 Å². The van der Waals surface area contributed by atoms with Crippen molar-refractivity contribution in [3.05, 3.63) is 18.2 Å². The predicted molar refractivity (Wildman–Crippen MR) is 60.2 cm³/mol. The van der Waals surface area contributed by atoms with Gasteiger partial charge in [-0.25, -0.2) is 0 Å². The Balaban J connectivity index is 3.06. The summed E-state index contributed by atoms with van der Waals surface area (Å²) in [5, 5.41) is 29.6. The highest BCUT2D eigenvalue weighted by atomic mass is 32.2. The third-order valence-electron chi connectivity index (χ3n) is 1.77. The predicted octanol–water partition coefficient (Wildman–Crippen LogP) is 0.454. The van der Waals surface area contributed by atoms with Gasteiger partial charge in [0.2, 0.25) is 5.71 Å². The lowest BCUT2D eigenvalue weighted by Gasteiger charge is -2.04. The molecule has 1 aromatic rings. The molecule has 8 nitrogen and oxygen atoms in total. The molecule has 3 N–H and O–H groups in total. The van der Waals surface area contributed by atoms with Crippen LogP contribution in [0.15, 0.2) is 28.2 Å². The largest absolute Gasteiger partial charge is 0.506 e. The summed E-state index contributed by atoms with van der Waals surface area (Å²) < 4.78 is 30.3. The van der Waals surface area contributed by atoms with Crippen LogP contribution in [-0.2, 0) is 10.1 Å². The van der Waals surface area contributed by atoms with Crippen LogP contribution in [-0.4, -0.2) is 23.8 Å². The lowest BCUT2D eigenvalue weighted by Crippen LogP contribution is -2.00. The number of hydrazone groups is 1. The number of phenols is 1. The van der Waals surface area contributed by atoms with E-state index in [2.05, 4.69) is 10.5 Å². The molecule has 1 rings (SSSR count). The van der Waals surface area contributed by atoms with Crippen molar-refractivity contribution in [1.82, 2.24) is 0 Å². The first-order chi connectivity index (χ1) is 8.38. The molecule has 92 valence electrons. The Morgan fingerprint density at radius 3 is 2.39 bits per heavy atom. The number of phenolic OH excluding ortho intramolecular Hbond substituents is 1. The lowest BCUT2D eigenvalue weighted by molar-refractivity contribution is 0.467. The maximum atomic E-state index is 10.8. The van der Waals surface area contributed by atoms with E-state index in [1.165, 1.54) is 12.1 Å². The van der Waals surface area contributed by atoms with Crippen molar-refractivity contribution >= 4 is 21.5 Å². The average molecular weight is 266 g/mol. The molecule has 0 fully saturated rings. The monoisotopic (exact) mass is 266 g/mol. The van der Waals surface area contributed by atoms with Gasteiger partial charge in [0.05, 0.1) is 10.6 Å². The normalized spacial score (nSPS) is 9.94. The lowest BCUT2D eigenvalue weighted by atomic mass is 10.3. The number of hydrogen-bond donors (Lipinski definition) is 3. The Labute approximate surface area is 102 Å². The Kier molecular flexibility index (Phi) is 3.84. The third kappa shape index (κ3) is 3.18. The number of aromatic hydroxyl groups is 1. The van der Waals surface area contributed by atoms with Gasteiger partial charge in [0.15, 0.2) is 0 Å². The smallest absolute Gasteiger partial charge is 0.294 e. The van der Waals surface area contributed by atoms with Gasteiger partial charge in [-0.3, -0.25) is 9.98 Å². The number of anilines is 1. The van der Waals surface area contributed by atoms with E-state index >= 15 is 0 Å². The van der Waals surface area contributed by atoms with Crippen molar-refractivity contribution < 1.29 is 18.1 Å². The molecule has 18 heavy (non-hydrogen) atoms. The van der Waals surface area contributed by atoms with Crippen molar-refractivity contribution in [2.24, 2.45) is 5.10 Å². The Hall–Kier alpha value is -2.62. The van der Waals surface area contributed by atoms with Gasteiger partial charge in [0, 0.05) is 6.07 Å². The van der Waals surface area contributed by atoms with E-state index < -0.39 is 26.5 Å². The van der Waals surface area contributed by atoms with Gasteiger partial charge >= 0.3 is 0 Å². The van der Waals surface area contributed by atoms with Crippen molar-refractivity contribution in [2.45, 2.75) is 4.90 Å². The van der Waals surface area contributed by atoms with E-state index in [0.29, 0.717) is 0 Å². The van der Waals surface area contributed by atoms with E-state index in [1.54, 1.807) is 0 Å². The van der Waals surface area contributed by atoms with Crippen LogP contribution in [0.5, 0.6) is 5.75 Å². The Bertz CT molecular complexity index is 665. The molecule has 0 aliphatic carbocycles. The first-order valence-corrected chi connectivity index (χ1v) is 5.77. The van der Waals surface area contributed by atoms with Crippen molar-refractivity contribution in [1.29, 1.82) is 10.5 Å². The maximum Gasteiger partial charge on any atom is 0.294 e. The summed E-state index contributed by atoms with van der Waals surface area (Å²) in [6.07, 6.45) is 0. The summed E-state index contributed by atoms with van der Waals surface area (Å²) in [4.78, 5) is -0.490. The number of hydrogen-bond acceptors (Lipinski definition) is 7. The van der Waals surface area contributed by atoms with Crippen LogP contribution < -0.4 is 5.43 Å². The number of nitrogens with one attached hydrogen (secondary N) is 1. The molecule has 9 heteroatoms. The summed E-state index contributed by atoms with van der Waals surface area (Å²) in [5.41, 5.74) is 1.72. The quantitative estimate of drug-likeness (QED) is 0.311. The second-order valence-electron chi connectivity index (χ2n) is 2.95. The first kappa shape index (κ1) is 13.4. The molecular weight excluding hydrogens is 260 g/mol. The van der Waals surface area contributed by atoms with E-state index in [1.807, 2.05) is 0 Å². The van der Waals surface area contributed by atoms with Crippen LogP contribution in [0.25, 0.3) is 0 Å². The highest BCUT2D eigenvalue weighted by Crippen LogP contribution is 2.26. The molecular formula is C9H6N4O4S. The van der Waals surface area contributed by atoms with Gasteiger partial charge in [-0.2, -0.15) is 24.0 Å². The van der Waals surface area contributed by atoms with Crippen LogP contribution in [0.4, 0.5) is 5.69 Å². The highest BCUT2D eigenvalue weighted by molar-refractivity contribution is 7.85. The van der Waals surface area contributed by atoms with E-state index in [4.69, 9.17) is 15.1 Å². The summed E-state index contributed by atoms with van der Waals surface area (Å²) in [5.74, 6) is -0.510. The van der Waals surface area contributed by atoms with Crippen molar-refractivity contribution in [2.75, 3.05) is 5.43 Å². The van der Waals surface area contributed by atoms with E-state index in [-0.39, 0.29) is 5.69 Å².